The molecule has 1 fully saturated rings. The number of fused-ring (bicyclic) bond motifs is 1. The number of hydrogen-bond donors (Lipinski definition) is 1. The second-order valence-electron chi connectivity index (χ2n) is 6.20. The standard InChI is InChI=1S/C16H17F3N2O3/c1-21-12-6-5-11(8-13(12)24-15(21)23)20-14(22)9-3-2-4-10(7-9)16(17,18)19/h5-6,8-10H,2-4,7H2,1H3,(H,20,22)/t9-,10-/m1/s1. The van der Waals surface area contributed by atoms with Crippen molar-refractivity contribution >= 4 is 22.7 Å². The molecule has 0 saturated heterocycles. The molecule has 2 aromatic rings. The molecule has 24 heavy (non-hydrogen) atoms. The molecule has 3 rings (SSSR count). The molecule has 5 nitrogen and oxygen atoms in total. The molecule has 1 aliphatic rings. The summed E-state index contributed by atoms with van der Waals surface area (Å²) in [6.07, 6.45) is -3.53. The molecule has 1 aromatic heterocycles. The molecule has 1 aromatic carbocycles. The summed E-state index contributed by atoms with van der Waals surface area (Å²) in [7, 11) is 1.56. The second kappa shape index (κ2) is 5.99. The highest BCUT2D eigenvalue weighted by molar-refractivity contribution is 5.94. The van der Waals surface area contributed by atoms with Gasteiger partial charge in [0.25, 0.3) is 0 Å². The Morgan fingerprint density at radius 3 is 2.79 bits per heavy atom. The lowest BCUT2D eigenvalue weighted by atomic mass is 9.80. The highest BCUT2D eigenvalue weighted by Gasteiger charge is 2.43. The van der Waals surface area contributed by atoms with Crippen LogP contribution in [0.2, 0.25) is 0 Å². The second-order valence-corrected chi connectivity index (χ2v) is 6.20. The summed E-state index contributed by atoms with van der Waals surface area (Å²) < 4.78 is 44.9. The normalized spacial score (nSPS) is 21.8. The number of rotatable bonds is 2. The van der Waals surface area contributed by atoms with Crippen LogP contribution in [-0.2, 0) is 11.8 Å². The average molecular weight is 342 g/mol. The van der Waals surface area contributed by atoms with E-state index in [1.165, 1.54) is 10.6 Å². The fourth-order valence-electron chi connectivity index (χ4n) is 3.18. The summed E-state index contributed by atoms with van der Waals surface area (Å²) in [6, 6.07) is 4.72. The van der Waals surface area contributed by atoms with E-state index in [-0.39, 0.29) is 12.8 Å². The van der Waals surface area contributed by atoms with Gasteiger partial charge in [-0.15, -0.1) is 0 Å². The van der Waals surface area contributed by atoms with Gasteiger partial charge in [0.15, 0.2) is 5.58 Å². The first kappa shape index (κ1) is 16.6. The summed E-state index contributed by atoms with van der Waals surface area (Å²) in [5.41, 5.74) is 1.29. The maximum atomic E-state index is 12.8. The molecule has 0 unspecified atom stereocenters. The summed E-state index contributed by atoms with van der Waals surface area (Å²) in [4.78, 5) is 23.7. The molecule has 0 radical (unpaired) electrons. The molecular weight excluding hydrogens is 325 g/mol. The number of oxazole rings is 1. The third kappa shape index (κ3) is 3.18. The van der Waals surface area contributed by atoms with Crippen LogP contribution >= 0.6 is 0 Å². The van der Waals surface area contributed by atoms with E-state index in [1.54, 1.807) is 19.2 Å². The number of aromatic nitrogens is 1. The summed E-state index contributed by atoms with van der Waals surface area (Å²) in [6.45, 7) is 0. The van der Waals surface area contributed by atoms with E-state index in [0.717, 1.165) is 0 Å². The first-order chi connectivity index (χ1) is 11.3. The van der Waals surface area contributed by atoms with E-state index in [4.69, 9.17) is 4.42 Å². The number of carbonyl (C=O) groups excluding carboxylic acids is 1. The van der Waals surface area contributed by atoms with Crippen molar-refractivity contribution in [3.05, 3.63) is 28.7 Å². The maximum absolute atomic E-state index is 12.8. The summed E-state index contributed by atoms with van der Waals surface area (Å²) >= 11 is 0. The molecule has 8 heteroatoms. The van der Waals surface area contributed by atoms with Gasteiger partial charge in [-0.3, -0.25) is 9.36 Å². The number of benzene rings is 1. The lowest BCUT2D eigenvalue weighted by Crippen LogP contribution is -2.34. The van der Waals surface area contributed by atoms with Gasteiger partial charge < -0.3 is 9.73 Å². The Bertz CT molecular complexity index is 822. The van der Waals surface area contributed by atoms with Crippen molar-refractivity contribution in [3.8, 4) is 0 Å². The van der Waals surface area contributed by atoms with Crippen molar-refractivity contribution in [3.63, 3.8) is 0 Å². The largest absolute Gasteiger partial charge is 0.419 e. The van der Waals surface area contributed by atoms with Crippen molar-refractivity contribution in [1.82, 2.24) is 4.57 Å². The molecule has 1 amide bonds. The van der Waals surface area contributed by atoms with Crippen LogP contribution in [0.3, 0.4) is 0 Å². The molecule has 2 atom stereocenters. The third-order valence-electron chi connectivity index (χ3n) is 4.57. The Balaban J connectivity index is 1.73. The number of carbonyl (C=O) groups is 1. The van der Waals surface area contributed by atoms with Crippen LogP contribution in [0, 0.1) is 11.8 Å². The number of anilines is 1. The molecule has 1 aliphatic carbocycles. The fourth-order valence-corrected chi connectivity index (χ4v) is 3.18. The van der Waals surface area contributed by atoms with Gasteiger partial charge in [-0.05, 0) is 31.4 Å². The van der Waals surface area contributed by atoms with Gasteiger partial charge in [0.1, 0.15) is 0 Å². The molecule has 1 N–H and O–H groups in total. The number of aryl methyl sites for hydroxylation is 1. The Hall–Kier alpha value is -2.25. The highest BCUT2D eigenvalue weighted by atomic mass is 19.4. The van der Waals surface area contributed by atoms with Crippen LogP contribution in [0.1, 0.15) is 25.7 Å². The molecule has 0 aliphatic heterocycles. The Morgan fingerprint density at radius 2 is 2.08 bits per heavy atom. The van der Waals surface area contributed by atoms with Crippen LogP contribution in [-0.4, -0.2) is 16.7 Å². The number of hydrogen-bond acceptors (Lipinski definition) is 3. The topological polar surface area (TPSA) is 64.2 Å². The first-order valence-corrected chi connectivity index (χ1v) is 7.73. The monoisotopic (exact) mass is 342 g/mol. The van der Waals surface area contributed by atoms with Crippen molar-refractivity contribution in [2.75, 3.05) is 5.32 Å². The molecule has 0 spiro atoms. The minimum absolute atomic E-state index is 0.0778. The predicted octanol–water partition coefficient (Wildman–Crippen LogP) is 3.44. The third-order valence-corrected chi connectivity index (χ3v) is 4.57. The maximum Gasteiger partial charge on any atom is 0.419 e. The number of nitrogens with zero attached hydrogens (tertiary/aromatic N) is 1. The minimum atomic E-state index is -4.26. The number of halogens is 3. The number of alkyl halides is 3. The Kier molecular flexibility index (Phi) is 4.15. The van der Waals surface area contributed by atoms with E-state index in [2.05, 4.69) is 5.32 Å². The van der Waals surface area contributed by atoms with Crippen LogP contribution < -0.4 is 11.1 Å². The molecular formula is C16H17F3N2O3. The highest BCUT2D eigenvalue weighted by Crippen LogP contribution is 2.40. The summed E-state index contributed by atoms with van der Waals surface area (Å²) in [5, 5.41) is 2.63. The van der Waals surface area contributed by atoms with Gasteiger partial charge in [0, 0.05) is 24.7 Å². The van der Waals surface area contributed by atoms with Crippen LogP contribution in [0.15, 0.2) is 27.4 Å². The Morgan fingerprint density at radius 1 is 1.33 bits per heavy atom. The van der Waals surface area contributed by atoms with Crippen molar-refractivity contribution in [2.24, 2.45) is 18.9 Å². The van der Waals surface area contributed by atoms with Crippen molar-refractivity contribution < 1.29 is 22.4 Å². The predicted molar refractivity (Wildman–Crippen MR) is 81.6 cm³/mol. The lowest BCUT2D eigenvalue weighted by molar-refractivity contribution is -0.185. The zero-order valence-electron chi connectivity index (χ0n) is 13.0. The van der Waals surface area contributed by atoms with Crippen molar-refractivity contribution in [2.45, 2.75) is 31.9 Å². The number of amides is 1. The van der Waals surface area contributed by atoms with Crippen LogP contribution in [0.4, 0.5) is 18.9 Å². The fraction of sp³-hybridized carbons (Fsp3) is 0.500. The average Bonchev–Trinajstić information content (AvgIpc) is 2.81. The van der Waals surface area contributed by atoms with Gasteiger partial charge in [-0.2, -0.15) is 13.2 Å². The van der Waals surface area contributed by atoms with Gasteiger partial charge in [-0.25, -0.2) is 4.79 Å². The molecule has 1 heterocycles. The van der Waals surface area contributed by atoms with Gasteiger partial charge >= 0.3 is 11.9 Å². The van der Waals surface area contributed by atoms with Gasteiger partial charge in [-0.1, -0.05) is 6.42 Å². The lowest BCUT2D eigenvalue weighted by Gasteiger charge is -2.29. The zero-order chi connectivity index (χ0) is 17.5. The quantitative estimate of drug-likeness (QED) is 0.909. The smallest absolute Gasteiger partial charge is 0.408 e. The van der Waals surface area contributed by atoms with E-state index < -0.39 is 29.7 Å². The SMILES string of the molecule is Cn1c(=O)oc2cc(NC(=O)[C@@H]3CCC[C@@H](C(F)(F)F)C3)ccc21. The summed E-state index contributed by atoms with van der Waals surface area (Å²) in [5.74, 6) is -3.03. The number of nitrogens with one attached hydrogen (secondary N) is 1. The van der Waals surface area contributed by atoms with Gasteiger partial charge in [0.2, 0.25) is 5.91 Å². The van der Waals surface area contributed by atoms with E-state index in [1.807, 2.05) is 0 Å². The Labute approximate surface area is 135 Å². The van der Waals surface area contributed by atoms with Crippen LogP contribution in [0.5, 0.6) is 0 Å². The first-order valence-electron chi connectivity index (χ1n) is 7.73. The molecule has 130 valence electrons. The van der Waals surface area contributed by atoms with Crippen molar-refractivity contribution in [1.29, 1.82) is 0 Å². The van der Waals surface area contributed by atoms with E-state index in [9.17, 15) is 22.8 Å². The molecule has 0 bridgehead atoms. The van der Waals surface area contributed by atoms with E-state index >= 15 is 0 Å². The van der Waals surface area contributed by atoms with Crippen LogP contribution in [0.25, 0.3) is 11.1 Å². The molecule has 1 saturated carbocycles. The minimum Gasteiger partial charge on any atom is -0.408 e. The van der Waals surface area contributed by atoms with Gasteiger partial charge in [0.05, 0.1) is 11.4 Å². The van der Waals surface area contributed by atoms with E-state index in [0.29, 0.717) is 29.6 Å². The zero-order valence-corrected chi connectivity index (χ0v) is 13.0.